The Bertz CT molecular complexity index is 950. The second kappa shape index (κ2) is 8.13. The number of benzene rings is 1. The molecule has 0 saturated carbocycles. The number of nitrogens with zero attached hydrogens (tertiary/aromatic N) is 2. The Hall–Kier alpha value is -3.00. The van der Waals surface area contributed by atoms with Crippen LogP contribution in [-0.2, 0) is 17.8 Å². The van der Waals surface area contributed by atoms with Crippen LogP contribution in [0.2, 0.25) is 5.15 Å². The van der Waals surface area contributed by atoms with E-state index in [0.29, 0.717) is 40.8 Å². The quantitative estimate of drug-likeness (QED) is 0.635. The van der Waals surface area contributed by atoms with Gasteiger partial charge in [0.1, 0.15) is 17.2 Å². The van der Waals surface area contributed by atoms with Crippen molar-refractivity contribution >= 4 is 17.5 Å². The van der Waals surface area contributed by atoms with Gasteiger partial charge >= 0.3 is 0 Å². The lowest BCUT2D eigenvalue weighted by molar-refractivity contribution is -0.121. The van der Waals surface area contributed by atoms with Gasteiger partial charge in [0.2, 0.25) is 11.8 Å². The van der Waals surface area contributed by atoms with Crippen molar-refractivity contribution in [2.24, 2.45) is 0 Å². The van der Waals surface area contributed by atoms with E-state index in [1.807, 2.05) is 0 Å². The molecule has 2 heterocycles. The van der Waals surface area contributed by atoms with Crippen molar-refractivity contribution in [2.75, 3.05) is 7.11 Å². The molecule has 1 amide bonds. The Morgan fingerprint density at radius 3 is 2.89 bits per heavy atom. The van der Waals surface area contributed by atoms with Crippen LogP contribution in [0.15, 0.2) is 33.2 Å². The molecule has 3 aromatic rings. The number of halogens is 1. The standard InChI is InChI=1S/C18H18ClN3O5/c1-10-13(9-20-17(24)6-4-12-8-16(19)22-27-12)21-18(26-10)11-3-5-14(23)15(7-11)25-2/h3,5,7-8,23H,4,6,9H2,1-2H3,(H,20,24). The number of rotatable bonds is 7. The van der Waals surface area contributed by atoms with E-state index in [1.165, 1.54) is 13.2 Å². The number of amides is 1. The predicted octanol–water partition coefficient (Wildman–Crippen LogP) is 3.25. The van der Waals surface area contributed by atoms with Gasteiger partial charge in [-0.15, -0.1) is 0 Å². The molecule has 2 N–H and O–H groups in total. The first-order valence-corrected chi connectivity index (χ1v) is 8.55. The third-order valence-electron chi connectivity index (χ3n) is 3.90. The van der Waals surface area contributed by atoms with Gasteiger partial charge in [0, 0.05) is 24.5 Å². The molecular formula is C18H18ClN3O5. The first-order valence-electron chi connectivity index (χ1n) is 8.17. The van der Waals surface area contributed by atoms with Crippen molar-refractivity contribution in [2.45, 2.75) is 26.3 Å². The zero-order valence-corrected chi connectivity index (χ0v) is 15.5. The Morgan fingerprint density at radius 2 is 2.19 bits per heavy atom. The monoisotopic (exact) mass is 391 g/mol. The lowest BCUT2D eigenvalue weighted by Gasteiger charge is -2.04. The Labute approximate surface area is 160 Å². The highest BCUT2D eigenvalue weighted by molar-refractivity contribution is 6.29. The molecular weight excluding hydrogens is 374 g/mol. The zero-order valence-electron chi connectivity index (χ0n) is 14.8. The molecule has 9 heteroatoms. The van der Waals surface area contributed by atoms with E-state index in [9.17, 15) is 9.90 Å². The number of methoxy groups -OCH3 is 1. The Kier molecular flexibility index (Phi) is 5.66. The molecule has 0 bridgehead atoms. The summed E-state index contributed by atoms with van der Waals surface area (Å²) in [6.07, 6.45) is 0.645. The number of carbonyl (C=O) groups is 1. The SMILES string of the molecule is COc1cc(-c2nc(CNC(=O)CCc3cc(Cl)no3)c(C)o2)ccc1O. The Morgan fingerprint density at radius 1 is 1.37 bits per heavy atom. The van der Waals surface area contributed by atoms with Gasteiger partial charge in [0.15, 0.2) is 16.7 Å². The smallest absolute Gasteiger partial charge is 0.226 e. The predicted molar refractivity (Wildman–Crippen MR) is 96.6 cm³/mol. The van der Waals surface area contributed by atoms with Crippen LogP contribution >= 0.6 is 11.6 Å². The number of carbonyl (C=O) groups excluding carboxylic acids is 1. The molecule has 0 saturated heterocycles. The molecule has 0 radical (unpaired) electrons. The number of aryl methyl sites for hydroxylation is 2. The second-order valence-electron chi connectivity index (χ2n) is 5.80. The average molecular weight is 392 g/mol. The van der Waals surface area contributed by atoms with Crippen molar-refractivity contribution in [3.05, 3.63) is 46.6 Å². The highest BCUT2D eigenvalue weighted by Gasteiger charge is 2.14. The number of phenolic OH excluding ortho intramolecular Hbond substituents is 1. The number of nitrogens with one attached hydrogen (secondary N) is 1. The van der Waals surface area contributed by atoms with Crippen molar-refractivity contribution in [3.8, 4) is 23.0 Å². The number of hydrogen-bond acceptors (Lipinski definition) is 7. The third-order valence-corrected chi connectivity index (χ3v) is 4.08. The fourth-order valence-electron chi connectivity index (χ4n) is 2.44. The van der Waals surface area contributed by atoms with E-state index in [0.717, 1.165) is 0 Å². The van der Waals surface area contributed by atoms with Crippen LogP contribution in [0.5, 0.6) is 11.5 Å². The number of ether oxygens (including phenoxy) is 1. The normalized spacial score (nSPS) is 10.8. The number of hydrogen-bond donors (Lipinski definition) is 2. The maximum Gasteiger partial charge on any atom is 0.226 e. The molecule has 0 aliphatic heterocycles. The third kappa shape index (κ3) is 4.59. The van der Waals surface area contributed by atoms with Gasteiger partial charge in [-0.1, -0.05) is 16.8 Å². The number of aromatic hydroxyl groups is 1. The summed E-state index contributed by atoms with van der Waals surface area (Å²) < 4.78 is 15.7. The first-order chi connectivity index (χ1) is 13.0. The van der Waals surface area contributed by atoms with Crippen LogP contribution in [0, 0.1) is 6.92 Å². The summed E-state index contributed by atoms with van der Waals surface area (Å²) in [6, 6.07) is 6.39. The van der Waals surface area contributed by atoms with Gasteiger partial charge in [-0.3, -0.25) is 4.79 Å². The first kappa shape index (κ1) is 18.8. The van der Waals surface area contributed by atoms with Gasteiger partial charge in [-0.05, 0) is 25.1 Å². The number of aromatic nitrogens is 2. The van der Waals surface area contributed by atoms with Crippen LogP contribution in [0.4, 0.5) is 0 Å². The minimum Gasteiger partial charge on any atom is -0.504 e. The van der Waals surface area contributed by atoms with Gasteiger partial charge < -0.3 is 24.1 Å². The van der Waals surface area contributed by atoms with Crippen LogP contribution < -0.4 is 10.1 Å². The fraction of sp³-hybridized carbons (Fsp3) is 0.278. The summed E-state index contributed by atoms with van der Waals surface area (Å²) >= 11 is 5.67. The maximum absolute atomic E-state index is 12.0. The van der Waals surface area contributed by atoms with E-state index >= 15 is 0 Å². The summed E-state index contributed by atoms with van der Waals surface area (Å²) in [4.78, 5) is 16.4. The summed E-state index contributed by atoms with van der Waals surface area (Å²) in [5, 5.41) is 16.3. The maximum atomic E-state index is 12.0. The average Bonchev–Trinajstić information content (AvgIpc) is 3.24. The van der Waals surface area contributed by atoms with Crippen LogP contribution in [0.25, 0.3) is 11.5 Å². The largest absolute Gasteiger partial charge is 0.504 e. The topological polar surface area (TPSA) is 111 Å². The van der Waals surface area contributed by atoms with Crippen LogP contribution in [-0.4, -0.2) is 28.3 Å². The zero-order chi connectivity index (χ0) is 19.4. The molecule has 0 fully saturated rings. The molecule has 8 nitrogen and oxygen atoms in total. The summed E-state index contributed by atoms with van der Waals surface area (Å²) in [7, 11) is 1.47. The highest BCUT2D eigenvalue weighted by atomic mass is 35.5. The van der Waals surface area contributed by atoms with Gasteiger partial charge in [0.05, 0.1) is 13.7 Å². The van der Waals surface area contributed by atoms with E-state index < -0.39 is 0 Å². The van der Waals surface area contributed by atoms with E-state index in [1.54, 1.807) is 25.1 Å². The lowest BCUT2D eigenvalue weighted by atomic mass is 10.2. The van der Waals surface area contributed by atoms with Crippen molar-refractivity contribution in [3.63, 3.8) is 0 Å². The highest BCUT2D eigenvalue weighted by Crippen LogP contribution is 2.31. The van der Waals surface area contributed by atoms with Crippen LogP contribution in [0.3, 0.4) is 0 Å². The molecule has 27 heavy (non-hydrogen) atoms. The van der Waals surface area contributed by atoms with Gasteiger partial charge in [0.25, 0.3) is 0 Å². The summed E-state index contributed by atoms with van der Waals surface area (Å²) in [5.74, 6) is 1.73. The molecule has 3 rings (SSSR count). The van der Waals surface area contributed by atoms with Crippen molar-refractivity contribution < 1.29 is 23.6 Å². The minimum atomic E-state index is -0.155. The van der Waals surface area contributed by atoms with Crippen molar-refractivity contribution in [1.82, 2.24) is 15.5 Å². The van der Waals surface area contributed by atoms with E-state index in [2.05, 4.69) is 15.5 Å². The molecule has 0 unspecified atom stereocenters. The second-order valence-corrected chi connectivity index (χ2v) is 6.19. The van der Waals surface area contributed by atoms with Gasteiger partial charge in [-0.25, -0.2) is 4.98 Å². The minimum absolute atomic E-state index is 0.0325. The van der Waals surface area contributed by atoms with E-state index in [4.69, 9.17) is 25.3 Å². The van der Waals surface area contributed by atoms with Gasteiger partial charge in [-0.2, -0.15) is 0 Å². The molecule has 0 atom stereocenters. The lowest BCUT2D eigenvalue weighted by Crippen LogP contribution is -2.23. The number of oxazole rings is 1. The summed E-state index contributed by atoms with van der Waals surface area (Å²) in [5.41, 5.74) is 1.28. The molecule has 0 spiro atoms. The molecule has 142 valence electrons. The summed E-state index contributed by atoms with van der Waals surface area (Å²) in [6.45, 7) is 2.01. The van der Waals surface area contributed by atoms with Crippen molar-refractivity contribution in [1.29, 1.82) is 0 Å². The van der Waals surface area contributed by atoms with Crippen LogP contribution in [0.1, 0.15) is 23.6 Å². The number of phenols is 1. The molecule has 2 aromatic heterocycles. The molecule has 1 aromatic carbocycles. The fourth-order valence-corrected chi connectivity index (χ4v) is 2.60. The Balaban J connectivity index is 1.60. The van der Waals surface area contributed by atoms with E-state index in [-0.39, 0.29) is 29.8 Å². The molecule has 0 aliphatic carbocycles. The molecule has 0 aliphatic rings.